The molecule has 4 aliphatic carbocycles. The Morgan fingerprint density at radius 1 is 1.05 bits per heavy atom. The first-order valence-electron chi connectivity index (χ1n) is 8.27. The van der Waals surface area contributed by atoms with E-state index in [2.05, 4.69) is 23.8 Å². The minimum Gasteiger partial charge on any atom is -0.298 e. The Morgan fingerprint density at radius 2 is 1.62 bits per heavy atom. The number of carbonyl (C=O) groups excluding carboxylic acids is 1. The van der Waals surface area contributed by atoms with Gasteiger partial charge in [-0.15, -0.1) is 0 Å². The zero-order chi connectivity index (χ0) is 14.4. The first kappa shape index (κ1) is 13.2. The number of rotatable bonds is 3. The second-order valence-corrected chi connectivity index (χ2v) is 7.59. The topological polar surface area (TPSA) is 41.1 Å². The molecule has 5 rings (SSSR count). The van der Waals surface area contributed by atoms with Crippen LogP contribution in [0.5, 0.6) is 0 Å². The van der Waals surface area contributed by atoms with Gasteiger partial charge in [0, 0.05) is 0 Å². The maximum Gasteiger partial charge on any atom is 0.244 e. The highest BCUT2D eigenvalue weighted by Crippen LogP contribution is 2.60. The van der Waals surface area contributed by atoms with Crippen molar-refractivity contribution in [1.82, 2.24) is 5.43 Å². The predicted octanol–water partition coefficient (Wildman–Crippen LogP) is 3.65. The van der Waals surface area contributed by atoms with E-state index < -0.39 is 0 Å². The Morgan fingerprint density at radius 3 is 2.19 bits per heavy atom. The van der Waals surface area contributed by atoms with Gasteiger partial charge in [0.25, 0.3) is 0 Å². The van der Waals surface area contributed by atoms with Gasteiger partial charge in [-0.3, -0.25) is 15.6 Å². The average Bonchev–Trinajstić information content (AvgIpc) is 2.44. The summed E-state index contributed by atoms with van der Waals surface area (Å²) in [6.07, 6.45) is 7.45. The molecule has 0 saturated heterocycles. The molecule has 4 saturated carbocycles. The smallest absolute Gasteiger partial charge is 0.244 e. The highest BCUT2D eigenvalue weighted by Gasteiger charge is 2.54. The number of hydrogen-bond donors (Lipinski definition) is 2. The van der Waals surface area contributed by atoms with Gasteiger partial charge in [-0.1, -0.05) is 18.2 Å². The van der Waals surface area contributed by atoms with Crippen molar-refractivity contribution in [3.8, 4) is 0 Å². The molecule has 112 valence electrons. The first-order chi connectivity index (χ1) is 10.1. The summed E-state index contributed by atoms with van der Waals surface area (Å²) in [5.41, 5.74) is 8.22. The van der Waals surface area contributed by atoms with Crippen LogP contribution in [0.4, 0.5) is 5.69 Å². The molecule has 0 radical (unpaired) electrons. The Bertz CT molecular complexity index is 531. The van der Waals surface area contributed by atoms with E-state index in [0.717, 1.165) is 48.3 Å². The van der Waals surface area contributed by atoms with E-state index in [1.165, 1.54) is 19.3 Å². The Hall–Kier alpha value is -1.51. The molecule has 1 amide bonds. The maximum atomic E-state index is 12.8. The van der Waals surface area contributed by atoms with E-state index in [0.29, 0.717) is 0 Å². The SMILES string of the molecule is Cc1ccccc1NNC(=O)C12CC3CC(CC(C3)C1)C2. The first-order valence-corrected chi connectivity index (χ1v) is 8.27. The van der Waals surface area contributed by atoms with Crippen molar-refractivity contribution in [2.45, 2.75) is 45.4 Å². The normalized spacial score (nSPS) is 36.5. The summed E-state index contributed by atoms with van der Waals surface area (Å²) >= 11 is 0. The van der Waals surface area contributed by atoms with Crippen molar-refractivity contribution in [2.75, 3.05) is 5.43 Å². The van der Waals surface area contributed by atoms with Crippen LogP contribution in [0.2, 0.25) is 0 Å². The van der Waals surface area contributed by atoms with Gasteiger partial charge in [0.05, 0.1) is 11.1 Å². The molecule has 4 bridgehead atoms. The summed E-state index contributed by atoms with van der Waals surface area (Å²) in [4.78, 5) is 12.8. The minimum absolute atomic E-state index is 0.0789. The maximum absolute atomic E-state index is 12.8. The highest BCUT2D eigenvalue weighted by molar-refractivity contribution is 5.84. The van der Waals surface area contributed by atoms with Crippen molar-refractivity contribution in [2.24, 2.45) is 23.2 Å². The van der Waals surface area contributed by atoms with Crippen LogP contribution in [-0.4, -0.2) is 5.91 Å². The molecular weight excluding hydrogens is 260 g/mol. The molecule has 3 nitrogen and oxygen atoms in total. The van der Waals surface area contributed by atoms with Gasteiger partial charge >= 0.3 is 0 Å². The molecule has 2 N–H and O–H groups in total. The van der Waals surface area contributed by atoms with Crippen LogP contribution in [0.25, 0.3) is 0 Å². The number of benzene rings is 1. The second-order valence-electron chi connectivity index (χ2n) is 7.59. The number of para-hydroxylation sites is 1. The third kappa shape index (κ3) is 2.23. The standard InChI is InChI=1S/C18H24N2O/c1-12-4-2-3-5-16(12)19-20-17(21)18-9-13-6-14(10-18)8-15(7-13)11-18/h2-5,13-15,19H,6-11H2,1H3,(H,20,21). The van der Waals surface area contributed by atoms with Gasteiger partial charge < -0.3 is 0 Å². The second kappa shape index (κ2) is 4.75. The number of carbonyl (C=O) groups is 1. The van der Waals surface area contributed by atoms with Crippen molar-refractivity contribution in [3.05, 3.63) is 29.8 Å². The van der Waals surface area contributed by atoms with Crippen LogP contribution in [0.15, 0.2) is 24.3 Å². The minimum atomic E-state index is -0.0789. The van der Waals surface area contributed by atoms with Crippen LogP contribution < -0.4 is 10.9 Å². The fraction of sp³-hybridized carbons (Fsp3) is 0.611. The third-order valence-corrected chi connectivity index (χ3v) is 5.98. The summed E-state index contributed by atoms with van der Waals surface area (Å²) in [6.45, 7) is 2.05. The van der Waals surface area contributed by atoms with Crippen LogP contribution in [0.3, 0.4) is 0 Å². The molecule has 21 heavy (non-hydrogen) atoms. The molecule has 0 aromatic heterocycles. The van der Waals surface area contributed by atoms with Gasteiger partial charge in [-0.25, -0.2) is 0 Å². The zero-order valence-electron chi connectivity index (χ0n) is 12.7. The highest BCUT2D eigenvalue weighted by atomic mass is 16.2. The van der Waals surface area contributed by atoms with Crippen molar-refractivity contribution < 1.29 is 4.79 Å². The van der Waals surface area contributed by atoms with Crippen molar-refractivity contribution >= 4 is 11.6 Å². The van der Waals surface area contributed by atoms with E-state index in [9.17, 15) is 4.79 Å². The van der Waals surface area contributed by atoms with Gasteiger partial charge in [0.1, 0.15) is 0 Å². The largest absolute Gasteiger partial charge is 0.298 e. The molecule has 0 aliphatic heterocycles. The van der Waals surface area contributed by atoms with Gasteiger partial charge in [0.2, 0.25) is 5.91 Å². The van der Waals surface area contributed by atoms with Gasteiger partial charge in [-0.05, 0) is 74.8 Å². The number of amides is 1. The Labute approximate surface area is 126 Å². The summed E-state index contributed by atoms with van der Waals surface area (Å²) < 4.78 is 0. The lowest BCUT2D eigenvalue weighted by Crippen LogP contribution is -2.54. The molecule has 0 spiro atoms. The van der Waals surface area contributed by atoms with Crippen LogP contribution in [0, 0.1) is 30.1 Å². The van der Waals surface area contributed by atoms with E-state index >= 15 is 0 Å². The lowest BCUT2D eigenvalue weighted by Gasteiger charge is -2.55. The number of nitrogens with one attached hydrogen (secondary N) is 2. The Kier molecular flexibility index (Phi) is 2.98. The fourth-order valence-corrected chi connectivity index (χ4v) is 5.36. The van der Waals surface area contributed by atoms with Gasteiger partial charge in [-0.2, -0.15) is 0 Å². The molecule has 4 fully saturated rings. The van der Waals surface area contributed by atoms with Gasteiger partial charge in [0.15, 0.2) is 0 Å². The number of hydrazine groups is 1. The number of anilines is 1. The Balaban J connectivity index is 1.47. The summed E-state index contributed by atoms with van der Waals surface area (Å²) in [7, 11) is 0. The quantitative estimate of drug-likeness (QED) is 0.832. The number of aryl methyl sites for hydroxylation is 1. The van der Waals surface area contributed by atoms with Crippen LogP contribution in [-0.2, 0) is 4.79 Å². The molecular formula is C18H24N2O. The summed E-state index contributed by atoms with van der Waals surface area (Å²) in [5.74, 6) is 2.64. The molecule has 0 heterocycles. The lowest BCUT2D eigenvalue weighted by molar-refractivity contribution is -0.145. The predicted molar refractivity (Wildman–Crippen MR) is 83.5 cm³/mol. The van der Waals surface area contributed by atoms with E-state index in [1.54, 1.807) is 0 Å². The molecule has 1 aromatic carbocycles. The monoisotopic (exact) mass is 284 g/mol. The molecule has 1 aromatic rings. The average molecular weight is 284 g/mol. The van der Waals surface area contributed by atoms with Crippen LogP contribution in [0.1, 0.15) is 44.1 Å². The zero-order valence-corrected chi connectivity index (χ0v) is 12.7. The molecule has 4 aliphatic rings. The van der Waals surface area contributed by atoms with Crippen LogP contribution >= 0.6 is 0 Å². The van der Waals surface area contributed by atoms with Crippen molar-refractivity contribution in [1.29, 1.82) is 0 Å². The molecule has 0 unspecified atom stereocenters. The van der Waals surface area contributed by atoms with E-state index in [4.69, 9.17) is 0 Å². The van der Waals surface area contributed by atoms with Crippen molar-refractivity contribution in [3.63, 3.8) is 0 Å². The van der Waals surface area contributed by atoms with E-state index in [-0.39, 0.29) is 11.3 Å². The fourth-order valence-electron chi connectivity index (χ4n) is 5.36. The molecule has 0 atom stereocenters. The summed E-state index contributed by atoms with van der Waals surface area (Å²) in [5, 5.41) is 0. The molecule has 3 heteroatoms. The van der Waals surface area contributed by atoms with E-state index in [1.807, 2.05) is 18.2 Å². The third-order valence-electron chi connectivity index (χ3n) is 5.98. The lowest BCUT2D eigenvalue weighted by atomic mass is 9.49. The number of hydrogen-bond acceptors (Lipinski definition) is 2. The summed E-state index contributed by atoms with van der Waals surface area (Å²) in [6, 6.07) is 8.07.